The Kier molecular flexibility index (Phi) is 3.58. The third-order valence-corrected chi connectivity index (χ3v) is 2.97. The van der Waals surface area contributed by atoms with Crippen LogP contribution in [0.25, 0.3) is 10.9 Å². The van der Waals surface area contributed by atoms with Gasteiger partial charge in [0.2, 0.25) is 0 Å². The number of nitrogens with one attached hydrogen (secondary N) is 1. The Balaban J connectivity index is 1.77. The van der Waals surface area contributed by atoms with Gasteiger partial charge in [0.1, 0.15) is 5.75 Å². The molecule has 0 amide bonds. The summed E-state index contributed by atoms with van der Waals surface area (Å²) < 4.78 is 40.1. The van der Waals surface area contributed by atoms with Gasteiger partial charge in [-0.2, -0.15) is 0 Å². The highest BCUT2D eigenvalue weighted by molar-refractivity contribution is 5.82. The SMILES string of the molecule is FC(F)(F)Oc1ccc(Nc2cnc3ccccc3c2)cc1. The molecule has 2 aromatic carbocycles. The average Bonchev–Trinajstić information content (AvgIpc) is 2.48. The smallest absolute Gasteiger partial charge is 0.406 e. The van der Waals surface area contributed by atoms with Gasteiger partial charge in [0.25, 0.3) is 0 Å². The first-order valence-electron chi connectivity index (χ1n) is 6.47. The number of alkyl halides is 3. The Hall–Kier alpha value is -2.76. The van der Waals surface area contributed by atoms with Gasteiger partial charge < -0.3 is 10.1 Å². The summed E-state index contributed by atoms with van der Waals surface area (Å²) in [7, 11) is 0. The number of fused-ring (bicyclic) bond motifs is 1. The van der Waals surface area contributed by atoms with E-state index in [1.807, 2.05) is 30.3 Å². The summed E-state index contributed by atoms with van der Waals surface area (Å²) >= 11 is 0. The largest absolute Gasteiger partial charge is 0.573 e. The second-order valence-corrected chi connectivity index (χ2v) is 4.61. The number of hydrogen-bond acceptors (Lipinski definition) is 3. The molecule has 112 valence electrons. The van der Waals surface area contributed by atoms with E-state index in [1.165, 1.54) is 24.3 Å². The molecule has 0 unspecified atom stereocenters. The average molecular weight is 304 g/mol. The Morgan fingerprint density at radius 2 is 1.64 bits per heavy atom. The molecule has 0 saturated heterocycles. The molecule has 0 bridgehead atoms. The number of nitrogens with zero attached hydrogens (tertiary/aromatic N) is 1. The van der Waals surface area contributed by atoms with Crippen LogP contribution in [0.4, 0.5) is 24.5 Å². The van der Waals surface area contributed by atoms with E-state index in [2.05, 4.69) is 15.0 Å². The molecule has 3 rings (SSSR count). The van der Waals surface area contributed by atoms with Gasteiger partial charge in [0.15, 0.2) is 0 Å². The zero-order valence-electron chi connectivity index (χ0n) is 11.3. The minimum absolute atomic E-state index is 0.255. The Bertz CT molecular complexity index is 785. The van der Waals surface area contributed by atoms with Gasteiger partial charge in [-0.15, -0.1) is 13.2 Å². The summed E-state index contributed by atoms with van der Waals surface area (Å²) in [4.78, 5) is 4.31. The molecule has 0 radical (unpaired) electrons. The fourth-order valence-corrected chi connectivity index (χ4v) is 2.05. The topological polar surface area (TPSA) is 34.1 Å². The van der Waals surface area contributed by atoms with Crippen molar-refractivity contribution in [3.05, 3.63) is 60.8 Å². The first-order valence-corrected chi connectivity index (χ1v) is 6.47. The Morgan fingerprint density at radius 3 is 2.36 bits per heavy atom. The van der Waals surface area contributed by atoms with Crippen LogP contribution >= 0.6 is 0 Å². The summed E-state index contributed by atoms with van der Waals surface area (Å²) in [6.07, 6.45) is -3.01. The molecule has 0 fully saturated rings. The van der Waals surface area contributed by atoms with Gasteiger partial charge in [-0.25, -0.2) is 0 Å². The first kappa shape index (κ1) is 14.2. The quantitative estimate of drug-likeness (QED) is 0.749. The highest BCUT2D eigenvalue weighted by Crippen LogP contribution is 2.26. The highest BCUT2D eigenvalue weighted by atomic mass is 19.4. The van der Waals surface area contributed by atoms with Crippen LogP contribution in [0.5, 0.6) is 5.75 Å². The molecule has 3 aromatic rings. The minimum atomic E-state index is -4.68. The van der Waals surface area contributed by atoms with E-state index in [-0.39, 0.29) is 5.75 Å². The number of rotatable bonds is 3. The van der Waals surface area contributed by atoms with Gasteiger partial charge in [-0.05, 0) is 36.4 Å². The lowest BCUT2D eigenvalue weighted by Gasteiger charge is -2.10. The number of halogens is 3. The molecule has 0 atom stereocenters. The van der Waals surface area contributed by atoms with Crippen molar-refractivity contribution in [1.29, 1.82) is 0 Å². The maximum atomic E-state index is 12.1. The zero-order valence-corrected chi connectivity index (χ0v) is 11.3. The monoisotopic (exact) mass is 304 g/mol. The van der Waals surface area contributed by atoms with Gasteiger partial charge in [0, 0.05) is 11.1 Å². The standard InChI is InChI=1S/C16H11F3N2O/c17-16(18,19)22-14-7-5-12(6-8-14)21-13-9-11-3-1-2-4-15(11)20-10-13/h1-10,21H. The highest BCUT2D eigenvalue weighted by Gasteiger charge is 2.30. The van der Waals surface area contributed by atoms with Crippen molar-refractivity contribution in [1.82, 2.24) is 4.98 Å². The number of hydrogen-bond donors (Lipinski definition) is 1. The molecule has 6 heteroatoms. The summed E-state index contributed by atoms with van der Waals surface area (Å²) in [6, 6.07) is 15.1. The van der Waals surface area contributed by atoms with E-state index < -0.39 is 6.36 Å². The maximum Gasteiger partial charge on any atom is 0.573 e. The molecule has 1 aromatic heterocycles. The van der Waals surface area contributed by atoms with Crippen molar-refractivity contribution >= 4 is 22.3 Å². The Labute approximate surface area is 124 Å². The predicted octanol–water partition coefficient (Wildman–Crippen LogP) is 4.88. The van der Waals surface area contributed by atoms with E-state index in [0.29, 0.717) is 5.69 Å². The van der Waals surface area contributed by atoms with E-state index in [0.717, 1.165) is 16.6 Å². The Morgan fingerprint density at radius 1 is 0.909 bits per heavy atom. The molecule has 0 aliphatic rings. The zero-order chi connectivity index (χ0) is 15.6. The third kappa shape index (κ3) is 3.46. The van der Waals surface area contributed by atoms with Crippen molar-refractivity contribution in [2.24, 2.45) is 0 Å². The number of pyridine rings is 1. The van der Waals surface area contributed by atoms with Crippen molar-refractivity contribution in [3.8, 4) is 5.75 Å². The number of aromatic nitrogens is 1. The van der Waals surface area contributed by atoms with Crippen molar-refractivity contribution in [3.63, 3.8) is 0 Å². The summed E-state index contributed by atoms with van der Waals surface area (Å²) in [5.41, 5.74) is 2.27. The van der Waals surface area contributed by atoms with E-state index in [9.17, 15) is 13.2 Å². The van der Waals surface area contributed by atoms with Gasteiger partial charge >= 0.3 is 6.36 Å². The van der Waals surface area contributed by atoms with Crippen molar-refractivity contribution < 1.29 is 17.9 Å². The number of para-hydroxylation sites is 1. The fourth-order valence-electron chi connectivity index (χ4n) is 2.05. The van der Waals surface area contributed by atoms with Gasteiger partial charge in [-0.1, -0.05) is 18.2 Å². The van der Waals surface area contributed by atoms with Crippen molar-refractivity contribution in [2.75, 3.05) is 5.32 Å². The molecule has 22 heavy (non-hydrogen) atoms. The van der Waals surface area contributed by atoms with Crippen LogP contribution in [-0.4, -0.2) is 11.3 Å². The van der Waals surface area contributed by atoms with Crippen LogP contribution < -0.4 is 10.1 Å². The normalized spacial score (nSPS) is 11.4. The lowest BCUT2D eigenvalue weighted by atomic mass is 10.2. The van der Waals surface area contributed by atoms with Crippen LogP contribution in [0, 0.1) is 0 Å². The fraction of sp³-hybridized carbons (Fsp3) is 0.0625. The van der Waals surface area contributed by atoms with Gasteiger partial charge in [-0.3, -0.25) is 4.98 Å². The van der Waals surface area contributed by atoms with E-state index >= 15 is 0 Å². The second-order valence-electron chi connectivity index (χ2n) is 4.61. The molecule has 1 N–H and O–H groups in total. The lowest BCUT2D eigenvalue weighted by Crippen LogP contribution is -2.16. The molecular formula is C16H11F3N2O. The van der Waals surface area contributed by atoms with Crippen LogP contribution in [0.3, 0.4) is 0 Å². The number of anilines is 2. The molecule has 0 spiro atoms. The van der Waals surface area contributed by atoms with Crippen LogP contribution in [0.2, 0.25) is 0 Å². The lowest BCUT2D eigenvalue weighted by molar-refractivity contribution is -0.274. The van der Waals surface area contributed by atoms with Crippen LogP contribution in [-0.2, 0) is 0 Å². The number of ether oxygens (including phenoxy) is 1. The molecular weight excluding hydrogens is 293 g/mol. The molecule has 1 heterocycles. The van der Waals surface area contributed by atoms with Crippen LogP contribution in [0.15, 0.2) is 60.8 Å². The molecule has 0 aliphatic carbocycles. The van der Waals surface area contributed by atoms with E-state index in [4.69, 9.17) is 0 Å². The molecule has 0 aliphatic heterocycles. The molecule has 3 nitrogen and oxygen atoms in total. The van der Waals surface area contributed by atoms with E-state index in [1.54, 1.807) is 6.20 Å². The number of benzene rings is 2. The maximum absolute atomic E-state index is 12.1. The summed E-state index contributed by atoms with van der Waals surface area (Å²) in [6.45, 7) is 0. The molecule has 0 saturated carbocycles. The van der Waals surface area contributed by atoms with Gasteiger partial charge in [0.05, 0.1) is 17.4 Å². The third-order valence-electron chi connectivity index (χ3n) is 2.97. The minimum Gasteiger partial charge on any atom is -0.406 e. The first-order chi connectivity index (χ1) is 10.5. The van der Waals surface area contributed by atoms with Crippen LogP contribution in [0.1, 0.15) is 0 Å². The predicted molar refractivity (Wildman–Crippen MR) is 78.2 cm³/mol. The second kappa shape index (κ2) is 5.55. The summed E-state index contributed by atoms with van der Waals surface area (Å²) in [5, 5.41) is 4.06. The van der Waals surface area contributed by atoms with Crippen molar-refractivity contribution in [2.45, 2.75) is 6.36 Å². The summed E-state index contributed by atoms with van der Waals surface area (Å²) in [5.74, 6) is -0.255.